The van der Waals surface area contributed by atoms with Crippen molar-refractivity contribution in [3.63, 3.8) is 0 Å². The van der Waals surface area contributed by atoms with E-state index in [1.165, 1.54) is 5.69 Å². The number of fused-ring (bicyclic) bond motifs is 1. The van der Waals surface area contributed by atoms with Crippen molar-refractivity contribution >= 4 is 11.7 Å². The highest BCUT2D eigenvalue weighted by atomic mass is 16.5. The third-order valence-electron chi connectivity index (χ3n) is 4.51. The molecule has 1 atom stereocenters. The molecule has 2 aromatic rings. The maximum Gasteiger partial charge on any atom is 0.318 e. The van der Waals surface area contributed by atoms with Crippen molar-refractivity contribution < 1.29 is 9.32 Å². The van der Waals surface area contributed by atoms with Gasteiger partial charge < -0.3 is 19.6 Å². The van der Waals surface area contributed by atoms with E-state index in [1.54, 1.807) is 6.92 Å². The van der Waals surface area contributed by atoms with Crippen LogP contribution in [-0.4, -0.2) is 41.2 Å². The summed E-state index contributed by atoms with van der Waals surface area (Å²) < 4.78 is 5.27. The average molecular weight is 343 g/mol. The van der Waals surface area contributed by atoms with Gasteiger partial charge in [0.25, 0.3) is 0 Å². The second-order valence-corrected chi connectivity index (χ2v) is 6.82. The van der Waals surface area contributed by atoms with Crippen LogP contribution in [0.3, 0.4) is 0 Å². The number of carbonyl (C=O) groups excluding carboxylic acids is 1. The number of carbonyl (C=O) groups is 1. The van der Waals surface area contributed by atoms with Crippen molar-refractivity contribution in [2.24, 2.45) is 5.92 Å². The second kappa shape index (κ2) is 7.13. The number of hydrogen-bond donors (Lipinski definition) is 1. The summed E-state index contributed by atoms with van der Waals surface area (Å²) in [5, 5.41) is 6.90. The predicted octanol–water partition coefficient (Wildman–Crippen LogP) is 2.74. The number of aryl methyl sites for hydroxylation is 1. The molecule has 3 rings (SSSR count). The van der Waals surface area contributed by atoms with E-state index in [-0.39, 0.29) is 18.0 Å². The van der Waals surface area contributed by atoms with E-state index in [4.69, 9.17) is 4.52 Å². The van der Waals surface area contributed by atoms with E-state index in [0.717, 1.165) is 12.1 Å². The molecule has 1 aromatic heterocycles. The molecule has 2 amide bonds. The molecule has 134 valence electrons. The lowest BCUT2D eigenvalue weighted by molar-refractivity contribution is 0.184. The lowest BCUT2D eigenvalue weighted by atomic mass is 10.0. The molecule has 2 heterocycles. The van der Waals surface area contributed by atoms with Crippen LogP contribution in [0, 0.1) is 12.8 Å². The number of urea groups is 1. The lowest BCUT2D eigenvalue weighted by Gasteiger charge is -2.25. The zero-order valence-corrected chi connectivity index (χ0v) is 15.2. The third kappa shape index (κ3) is 3.75. The number of hydrogen-bond acceptors (Lipinski definition) is 5. The molecule has 25 heavy (non-hydrogen) atoms. The van der Waals surface area contributed by atoms with Crippen LogP contribution in [0.1, 0.15) is 37.2 Å². The fraction of sp³-hybridized carbons (Fsp3) is 0.500. The fourth-order valence-corrected chi connectivity index (χ4v) is 3.04. The molecule has 0 saturated heterocycles. The molecule has 1 aromatic carbocycles. The summed E-state index contributed by atoms with van der Waals surface area (Å²) in [4.78, 5) is 21.2. The minimum Gasteiger partial charge on any atom is -0.373 e. The van der Waals surface area contributed by atoms with E-state index >= 15 is 0 Å². The minimum absolute atomic E-state index is 0.111. The van der Waals surface area contributed by atoms with Gasteiger partial charge in [0.1, 0.15) is 6.04 Å². The molecular weight excluding hydrogens is 318 g/mol. The van der Waals surface area contributed by atoms with Crippen LogP contribution in [0.2, 0.25) is 0 Å². The average Bonchev–Trinajstić information content (AvgIpc) is 2.93. The fourth-order valence-electron chi connectivity index (χ4n) is 3.04. The monoisotopic (exact) mass is 343 g/mol. The van der Waals surface area contributed by atoms with Crippen molar-refractivity contribution in [3.8, 4) is 0 Å². The van der Waals surface area contributed by atoms with Crippen molar-refractivity contribution in [2.75, 3.05) is 25.0 Å². The van der Waals surface area contributed by atoms with Crippen LogP contribution in [0.4, 0.5) is 10.5 Å². The first-order chi connectivity index (χ1) is 12.0. The van der Waals surface area contributed by atoms with E-state index in [2.05, 4.69) is 39.5 Å². The van der Waals surface area contributed by atoms with Gasteiger partial charge in [0.05, 0.1) is 0 Å². The SMILES string of the molecule is Cc1noc(C(NC(=O)N2CCN(C)c3ccccc3C2)C(C)C)n1. The number of amides is 2. The van der Waals surface area contributed by atoms with Crippen LogP contribution in [0.5, 0.6) is 0 Å². The Bertz CT molecular complexity index is 743. The normalized spacial score (nSPS) is 15.7. The number of benzene rings is 1. The Labute approximate surface area is 148 Å². The first-order valence-electron chi connectivity index (χ1n) is 8.60. The number of anilines is 1. The number of aromatic nitrogens is 2. The summed E-state index contributed by atoms with van der Waals surface area (Å²) in [6, 6.07) is 7.78. The second-order valence-electron chi connectivity index (χ2n) is 6.82. The van der Waals surface area contributed by atoms with Crippen LogP contribution < -0.4 is 10.2 Å². The van der Waals surface area contributed by atoms with Gasteiger partial charge in [-0.3, -0.25) is 0 Å². The number of rotatable bonds is 3. The van der Waals surface area contributed by atoms with Gasteiger partial charge in [-0.25, -0.2) is 4.79 Å². The molecule has 0 saturated carbocycles. The molecule has 1 aliphatic heterocycles. The predicted molar refractivity (Wildman–Crippen MR) is 95.3 cm³/mol. The highest BCUT2D eigenvalue weighted by Crippen LogP contribution is 2.25. The number of para-hydroxylation sites is 1. The van der Waals surface area contributed by atoms with E-state index < -0.39 is 0 Å². The van der Waals surface area contributed by atoms with Crippen molar-refractivity contribution in [3.05, 3.63) is 41.5 Å². The van der Waals surface area contributed by atoms with Crippen LogP contribution in [-0.2, 0) is 6.54 Å². The molecular formula is C18H25N5O2. The summed E-state index contributed by atoms with van der Waals surface area (Å²) >= 11 is 0. The Morgan fingerprint density at radius 2 is 2.04 bits per heavy atom. The van der Waals surface area contributed by atoms with Crippen LogP contribution in [0.25, 0.3) is 0 Å². The summed E-state index contributed by atoms with van der Waals surface area (Å²) in [5.74, 6) is 1.17. The van der Waals surface area contributed by atoms with Gasteiger partial charge in [0, 0.05) is 32.4 Å². The Morgan fingerprint density at radius 3 is 2.72 bits per heavy atom. The Hall–Kier alpha value is -2.57. The molecule has 1 unspecified atom stereocenters. The van der Waals surface area contributed by atoms with Gasteiger partial charge in [0.2, 0.25) is 5.89 Å². The molecule has 1 N–H and O–H groups in total. The van der Waals surface area contributed by atoms with E-state index in [1.807, 2.05) is 30.9 Å². The first kappa shape index (κ1) is 17.3. The minimum atomic E-state index is -0.301. The molecule has 7 nitrogen and oxygen atoms in total. The van der Waals surface area contributed by atoms with E-state index in [0.29, 0.717) is 24.8 Å². The zero-order valence-electron chi connectivity index (χ0n) is 15.2. The smallest absolute Gasteiger partial charge is 0.318 e. The van der Waals surface area contributed by atoms with Gasteiger partial charge in [-0.1, -0.05) is 37.2 Å². The number of nitrogens with zero attached hydrogens (tertiary/aromatic N) is 4. The highest BCUT2D eigenvalue weighted by Gasteiger charge is 2.28. The summed E-state index contributed by atoms with van der Waals surface area (Å²) in [6.45, 7) is 7.85. The highest BCUT2D eigenvalue weighted by molar-refractivity contribution is 5.75. The van der Waals surface area contributed by atoms with Gasteiger partial charge in [-0.05, 0) is 24.5 Å². The molecule has 1 aliphatic rings. The third-order valence-corrected chi connectivity index (χ3v) is 4.51. The topological polar surface area (TPSA) is 74.5 Å². The van der Waals surface area contributed by atoms with Gasteiger partial charge >= 0.3 is 6.03 Å². The van der Waals surface area contributed by atoms with Gasteiger partial charge in [0.15, 0.2) is 5.82 Å². The first-order valence-corrected chi connectivity index (χ1v) is 8.60. The number of nitrogens with one attached hydrogen (secondary N) is 1. The molecule has 0 radical (unpaired) electrons. The molecule has 7 heteroatoms. The van der Waals surface area contributed by atoms with Crippen molar-refractivity contribution in [2.45, 2.75) is 33.4 Å². The van der Waals surface area contributed by atoms with Crippen LogP contribution >= 0.6 is 0 Å². The van der Waals surface area contributed by atoms with Crippen molar-refractivity contribution in [1.29, 1.82) is 0 Å². The van der Waals surface area contributed by atoms with Gasteiger partial charge in [-0.2, -0.15) is 4.98 Å². The molecule has 0 spiro atoms. The quantitative estimate of drug-likeness (QED) is 0.927. The lowest BCUT2D eigenvalue weighted by Crippen LogP contribution is -2.44. The standard InChI is InChI=1S/C18H25N5O2/c1-12(2)16(17-19-13(3)21-25-17)20-18(24)23-10-9-22(4)15-8-6-5-7-14(15)11-23/h5-8,12,16H,9-11H2,1-4H3,(H,20,24). The summed E-state index contributed by atoms with van der Waals surface area (Å²) in [6.07, 6.45) is 0. The molecule has 0 fully saturated rings. The van der Waals surface area contributed by atoms with Crippen LogP contribution in [0.15, 0.2) is 28.8 Å². The van der Waals surface area contributed by atoms with E-state index in [9.17, 15) is 4.79 Å². The van der Waals surface area contributed by atoms with Gasteiger partial charge in [-0.15, -0.1) is 0 Å². The van der Waals surface area contributed by atoms with Crippen molar-refractivity contribution in [1.82, 2.24) is 20.4 Å². The number of likely N-dealkylation sites (N-methyl/N-ethyl adjacent to an activating group) is 1. The Kier molecular flexibility index (Phi) is 4.92. The maximum atomic E-state index is 12.9. The Balaban J connectivity index is 1.76. The zero-order chi connectivity index (χ0) is 18.0. The molecule has 0 aliphatic carbocycles. The maximum absolute atomic E-state index is 12.9. The summed E-state index contributed by atoms with van der Waals surface area (Å²) in [5.41, 5.74) is 2.32. The Morgan fingerprint density at radius 1 is 1.28 bits per heavy atom. The largest absolute Gasteiger partial charge is 0.373 e. The molecule has 0 bridgehead atoms. The summed E-state index contributed by atoms with van der Waals surface area (Å²) in [7, 11) is 2.05.